The second kappa shape index (κ2) is 6.41. The Hall–Kier alpha value is -2.94. The van der Waals surface area contributed by atoms with E-state index in [2.05, 4.69) is 6.07 Å². The lowest BCUT2D eigenvalue weighted by atomic mass is 9.70. The van der Waals surface area contributed by atoms with E-state index in [1.54, 1.807) is 25.3 Å². The normalized spacial score (nSPS) is 21.7. The minimum absolute atomic E-state index is 0.0284. The third kappa shape index (κ3) is 2.90. The van der Waals surface area contributed by atoms with Crippen LogP contribution in [0.4, 0.5) is 0 Å². The Labute approximate surface area is 152 Å². The summed E-state index contributed by atoms with van der Waals surface area (Å²) in [5.41, 5.74) is 7.23. The standard InChI is InChI=1S/C20H22N2O4/c1-20(2)8-14(23)18-16(9-20)26-19(22)13(10-21)17(18)12-6-5-11(24-3)7-15(12)25-4/h5-7,17H,8-9,22H2,1-4H3/t17-/m0/s1. The number of hydrogen-bond donors (Lipinski definition) is 1. The van der Waals surface area contributed by atoms with E-state index < -0.39 is 5.92 Å². The van der Waals surface area contributed by atoms with Crippen molar-refractivity contribution >= 4 is 5.78 Å². The fraction of sp³-hybridized carbons (Fsp3) is 0.400. The van der Waals surface area contributed by atoms with Gasteiger partial charge in [-0.25, -0.2) is 0 Å². The first-order chi connectivity index (χ1) is 12.3. The predicted octanol–water partition coefficient (Wildman–Crippen LogP) is 3.15. The zero-order valence-corrected chi connectivity index (χ0v) is 15.4. The molecule has 1 aromatic rings. The highest BCUT2D eigenvalue weighted by Crippen LogP contribution is 2.49. The average molecular weight is 354 g/mol. The molecule has 3 rings (SSSR count). The summed E-state index contributed by atoms with van der Waals surface area (Å²) in [4.78, 5) is 12.9. The second-order valence-electron chi connectivity index (χ2n) is 7.31. The molecule has 136 valence electrons. The molecule has 0 fully saturated rings. The molecule has 26 heavy (non-hydrogen) atoms. The monoisotopic (exact) mass is 354 g/mol. The van der Waals surface area contributed by atoms with Gasteiger partial charge in [0, 0.05) is 30.0 Å². The van der Waals surface area contributed by atoms with Crippen LogP contribution in [0.25, 0.3) is 0 Å². The van der Waals surface area contributed by atoms with Crippen molar-refractivity contribution in [2.75, 3.05) is 14.2 Å². The number of Topliss-reactive ketones (excluding diaryl/α,β-unsaturated/α-hetero) is 1. The summed E-state index contributed by atoms with van der Waals surface area (Å²) >= 11 is 0. The molecule has 0 saturated heterocycles. The van der Waals surface area contributed by atoms with Crippen molar-refractivity contribution in [1.82, 2.24) is 0 Å². The van der Waals surface area contributed by atoms with Gasteiger partial charge in [-0.3, -0.25) is 4.79 Å². The van der Waals surface area contributed by atoms with Crippen LogP contribution in [-0.2, 0) is 9.53 Å². The fourth-order valence-electron chi connectivity index (χ4n) is 3.65. The quantitative estimate of drug-likeness (QED) is 0.896. The average Bonchev–Trinajstić information content (AvgIpc) is 2.58. The van der Waals surface area contributed by atoms with Crippen LogP contribution in [0.1, 0.15) is 38.2 Å². The topological polar surface area (TPSA) is 94.6 Å². The summed E-state index contributed by atoms with van der Waals surface area (Å²) in [6.07, 6.45) is 0.977. The van der Waals surface area contributed by atoms with E-state index in [4.69, 9.17) is 19.9 Å². The van der Waals surface area contributed by atoms with Gasteiger partial charge in [-0.15, -0.1) is 0 Å². The number of carbonyl (C=O) groups excluding carboxylic acids is 1. The van der Waals surface area contributed by atoms with E-state index in [9.17, 15) is 10.1 Å². The molecular formula is C20H22N2O4. The summed E-state index contributed by atoms with van der Waals surface area (Å²) in [6, 6.07) is 7.42. The molecule has 0 aromatic heterocycles. The molecule has 0 amide bonds. The minimum atomic E-state index is -0.604. The fourth-order valence-corrected chi connectivity index (χ4v) is 3.65. The number of hydrogen-bond acceptors (Lipinski definition) is 6. The van der Waals surface area contributed by atoms with Gasteiger partial charge < -0.3 is 19.9 Å². The Morgan fingerprint density at radius 2 is 2.00 bits per heavy atom. The number of benzene rings is 1. The van der Waals surface area contributed by atoms with Gasteiger partial charge in [0.25, 0.3) is 0 Å². The van der Waals surface area contributed by atoms with Crippen LogP contribution in [0.15, 0.2) is 41.0 Å². The molecule has 1 aliphatic heterocycles. The Bertz CT molecular complexity index is 874. The van der Waals surface area contributed by atoms with Gasteiger partial charge in [-0.05, 0) is 11.5 Å². The maximum absolute atomic E-state index is 12.9. The number of ketones is 1. The number of methoxy groups -OCH3 is 2. The molecule has 0 radical (unpaired) electrons. The van der Waals surface area contributed by atoms with Crippen molar-refractivity contribution < 1.29 is 19.0 Å². The Balaban J connectivity index is 2.22. The van der Waals surface area contributed by atoms with Crippen LogP contribution >= 0.6 is 0 Å². The first-order valence-electron chi connectivity index (χ1n) is 8.37. The first-order valence-corrected chi connectivity index (χ1v) is 8.37. The van der Waals surface area contributed by atoms with Crippen molar-refractivity contribution in [3.63, 3.8) is 0 Å². The van der Waals surface area contributed by atoms with Crippen molar-refractivity contribution in [1.29, 1.82) is 5.26 Å². The Morgan fingerprint density at radius 1 is 1.27 bits per heavy atom. The van der Waals surface area contributed by atoms with Crippen molar-refractivity contribution in [3.8, 4) is 17.6 Å². The number of allylic oxidation sites excluding steroid dienone is 3. The number of nitriles is 1. The smallest absolute Gasteiger partial charge is 0.205 e. The van der Waals surface area contributed by atoms with Gasteiger partial charge in [0.05, 0.1) is 20.1 Å². The number of rotatable bonds is 3. The summed E-state index contributed by atoms with van der Waals surface area (Å²) < 4.78 is 16.4. The Kier molecular flexibility index (Phi) is 4.41. The van der Waals surface area contributed by atoms with Crippen molar-refractivity contribution in [2.45, 2.75) is 32.6 Å². The highest BCUT2D eigenvalue weighted by Gasteiger charge is 2.43. The number of nitrogens with zero attached hydrogens (tertiary/aromatic N) is 1. The molecule has 2 N–H and O–H groups in total. The molecule has 0 bridgehead atoms. The third-order valence-electron chi connectivity index (χ3n) is 4.83. The lowest BCUT2D eigenvalue weighted by Crippen LogP contribution is -2.33. The van der Waals surface area contributed by atoms with Crippen LogP contribution < -0.4 is 15.2 Å². The van der Waals surface area contributed by atoms with E-state index in [0.29, 0.717) is 41.2 Å². The first kappa shape index (κ1) is 17.9. The highest BCUT2D eigenvalue weighted by molar-refractivity contribution is 6.00. The Morgan fingerprint density at radius 3 is 2.62 bits per heavy atom. The number of carbonyl (C=O) groups is 1. The summed E-state index contributed by atoms with van der Waals surface area (Å²) in [6.45, 7) is 4.03. The van der Waals surface area contributed by atoms with Crippen LogP contribution in [0.2, 0.25) is 0 Å². The van der Waals surface area contributed by atoms with E-state index in [1.165, 1.54) is 7.11 Å². The molecule has 6 nitrogen and oxygen atoms in total. The van der Waals surface area contributed by atoms with E-state index in [0.717, 1.165) is 0 Å². The lowest BCUT2D eigenvalue weighted by Gasteiger charge is -2.37. The molecule has 6 heteroatoms. The van der Waals surface area contributed by atoms with Gasteiger partial charge in [0.15, 0.2) is 5.78 Å². The van der Waals surface area contributed by atoms with Gasteiger partial charge in [0.2, 0.25) is 5.88 Å². The molecule has 0 spiro atoms. The highest BCUT2D eigenvalue weighted by atomic mass is 16.5. The maximum Gasteiger partial charge on any atom is 0.205 e. The largest absolute Gasteiger partial charge is 0.497 e. The SMILES string of the molecule is COc1ccc([C@H]2C(C#N)=C(N)OC3=C2C(=O)CC(C)(C)C3)c(OC)c1. The number of nitrogens with two attached hydrogens (primary N) is 1. The second-order valence-corrected chi connectivity index (χ2v) is 7.31. The van der Waals surface area contributed by atoms with Crippen LogP contribution in [-0.4, -0.2) is 20.0 Å². The van der Waals surface area contributed by atoms with Crippen molar-refractivity contribution in [2.24, 2.45) is 11.1 Å². The van der Waals surface area contributed by atoms with Gasteiger partial charge in [0.1, 0.15) is 28.9 Å². The molecule has 1 aliphatic carbocycles. The van der Waals surface area contributed by atoms with Crippen molar-refractivity contribution in [3.05, 3.63) is 46.6 Å². The van der Waals surface area contributed by atoms with Crippen LogP contribution in [0.3, 0.4) is 0 Å². The molecule has 0 saturated carbocycles. The van der Waals surface area contributed by atoms with Gasteiger partial charge in [-0.2, -0.15) is 5.26 Å². The lowest BCUT2D eigenvalue weighted by molar-refractivity contribution is -0.119. The van der Waals surface area contributed by atoms with Gasteiger partial charge in [-0.1, -0.05) is 19.9 Å². The van der Waals surface area contributed by atoms with Gasteiger partial charge >= 0.3 is 0 Å². The molecular weight excluding hydrogens is 332 g/mol. The van der Waals surface area contributed by atoms with Crippen LogP contribution in [0.5, 0.6) is 11.5 Å². The summed E-state index contributed by atoms with van der Waals surface area (Å²) in [5, 5.41) is 9.67. The summed E-state index contributed by atoms with van der Waals surface area (Å²) in [7, 11) is 3.10. The summed E-state index contributed by atoms with van der Waals surface area (Å²) in [5.74, 6) is 1.11. The molecule has 0 unspecified atom stereocenters. The molecule has 1 heterocycles. The van der Waals surface area contributed by atoms with E-state index in [-0.39, 0.29) is 22.7 Å². The number of ether oxygens (including phenoxy) is 3. The minimum Gasteiger partial charge on any atom is -0.497 e. The third-order valence-corrected chi connectivity index (χ3v) is 4.83. The maximum atomic E-state index is 12.9. The van der Waals surface area contributed by atoms with Crippen LogP contribution in [0, 0.1) is 16.7 Å². The molecule has 2 aliphatic rings. The molecule has 1 atom stereocenters. The zero-order valence-electron chi connectivity index (χ0n) is 15.4. The van der Waals surface area contributed by atoms with E-state index >= 15 is 0 Å². The molecule has 1 aromatic carbocycles. The zero-order chi connectivity index (χ0) is 19.1. The van der Waals surface area contributed by atoms with E-state index in [1.807, 2.05) is 13.8 Å². The predicted molar refractivity (Wildman–Crippen MR) is 95.2 cm³/mol.